The number of unbranched alkanes of at least 4 members (excludes halogenated alkanes) is 1. The van der Waals surface area contributed by atoms with E-state index in [4.69, 9.17) is 9.47 Å². The minimum Gasteiger partial charge on any atom is -0.462 e. The quantitative estimate of drug-likeness (QED) is 0.534. The van der Waals surface area contributed by atoms with Crippen molar-refractivity contribution in [2.24, 2.45) is 5.92 Å². The molecule has 4 heteroatoms. The van der Waals surface area contributed by atoms with Crippen molar-refractivity contribution in [3.63, 3.8) is 0 Å². The average molecular weight is 306 g/mol. The van der Waals surface area contributed by atoms with Crippen LogP contribution in [0.3, 0.4) is 0 Å². The summed E-state index contributed by atoms with van der Waals surface area (Å²) in [6.07, 6.45) is 3.04. The van der Waals surface area contributed by atoms with E-state index >= 15 is 0 Å². The number of rotatable bonds is 8. The van der Waals surface area contributed by atoms with Crippen LogP contribution in [-0.4, -0.2) is 18.5 Å². The molecule has 0 radical (unpaired) electrons. The van der Waals surface area contributed by atoms with Crippen LogP contribution in [0.15, 0.2) is 18.2 Å². The first-order chi connectivity index (χ1) is 10.5. The van der Waals surface area contributed by atoms with Gasteiger partial charge in [0.15, 0.2) is 0 Å². The minimum absolute atomic E-state index is 0.258. The van der Waals surface area contributed by atoms with Crippen LogP contribution in [0.5, 0.6) is 5.75 Å². The Labute approximate surface area is 132 Å². The third kappa shape index (κ3) is 5.51. The van der Waals surface area contributed by atoms with Gasteiger partial charge in [0.25, 0.3) is 0 Å². The van der Waals surface area contributed by atoms with Crippen LogP contribution in [0.1, 0.15) is 62.9 Å². The molecular formula is C18H26O4. The molecule has 22 heavy (non-hydrogen) atoms. The predicted octanol–water partition coefficient (Wildman–Crippen LogP) is 4.16. The number of carbonyl (C=O) groups is 2. The van der Waals surface area contributed by atoms with Crippen LogP contribution in [0.25, 0.3) is 0 Å². The van der Waals surface area contributed by atoms with Gasteiger partial charge in [-0.1, -0.05) is 46.2 Å². The molecule has 1 aromatic carbocycles. The average Bonchev–Trinajstić information content (AvgIpc) is 2.51. The molecule has 0 unspecified atom stereocenters. The standard InChI is InChI=1S/C18H26O4/c1-5-7-9-14-10-8-11-15(17(14)22-16(19)6-2)18(20)21-12-13(3)4/h8,10-11,13H,5-7,9,12H2,1-4H3. The second-order valence-corrected chi connectivity index (χ2v) is 5.72. The lowest BCUT2D eigenvalue weighted by atomic mass is 10.0. The Kier molecular flexibility index (Phi) is 7.64. The monoisotopic (exact) mass is 306 g/mol. The van der Waals surface area contributed by atoms with Crippen molar-refractivity contribution in [1.29, 1.82) is 0 Å². The molecule has 0 atom stereocenters. The molecule has 0 aliphatic rings. The maximum atomic E-state index is 12.3. The highest BCUT2D eigenvalue weighted by molar-refractivity contribution is 5.94. The van der Waals surface area contributed by atoms with E-state index in [1.54, 1.807) is 19.1 Å². The van der Waals surface area contributed by atoms with Gasteiger partial charge in [0, 0.05) is 6.42 Å². The molecule has 0 N–H and O–H groups in total. The highest BCUT2D eigenvalue weighted by Crippen LogP contribution is 2.27. The van der Waals surface area contributed by atoms with Crippen LogP contribution < -0.4 is 4.74 Å². The lowest BCUT2D eigenvalue weighted by Gasteiger charge is -2.14. The van der Waals surface area contributed by atoms with Crippen molar-refractivity contribution in [2.45, 2.75) is 53.4 Å². The highest BCUT2D eigenvalue weighted by atomic mass is 16.5. The topological polar surface area (TPSA) is 52.6 Å². The zero-order chi connectivity index (χ0) is 16.5. The maximum Gasteiger partial charge on any atom is 0.341 e. The van der Waals surface area contributed by atoms with E-state index in [2.05, 4.69) is 6.92 Å². The summed E-state index contributed by atoms with van der Waals surface area (Å²) >= 11 is 0. The molecule has 0 spiro atoms. The van der Waals surface area contributed by atoms with Gasteiger partial charge in [-0.3, -0.25) is 4.79 Å². The Morgan fingerprint density at radius 3 is 2.50 bits per heavy atom. The molecule has 0 saturated heterocycles. The van der Waals surface area contributed by atoms with Gasteiger partial charge in [-0.15, -0.1) is 0 Å². The van der Waals surface area contributed by atoms with Gasteiger partial charge in [-0.05, 0) is 30.4 Å². The van der Waals surface area contributed by atoms with Gasteiger partial charge < -0.3 is 9.47 Å². The third-order valence-corrected chi connectivity index (χ3v) is 3.17. The number of aryl methyl sites for hydroxylation is 1. The minimum atomic E-state index is -0.439. The summed E-state index contributed by atoms with van der Waals surface area (Å²) in [4.78, 5) is 23.9. The van der Waals surface area contributed by atoms with E-state index in [1.807, 2.05) is 19.9 Å². The largest absolute Gasteiger partial charge is 0.462 e. The van der Waals surface area contributed by atoms with Crippen LogP contribution in [0.4, 0.5) is 0 Å². The molecule has 4 nitrogen and oxygen atoms in total. The van der Waals surface area contributed by atoms with Crippen molar-refractivity contribution in [3.05, 3.63) is 29.3 Å². The number of carbonyl (C=O) groups excluding carboxylic acids is 2. The van der Waals surface area contributed by atoms with E-state index in [1.165, 1.54) is 0 Å². The predicted molar refractivity (Wildman–Crippen MR) is 86.1 cm³/mol. The molecule has 0 amide bonds. The number of hydrogen-bond acceptors (Lipinski definition) is 4. The van der Waals surface area contributed by atoms with E-state index in [9.17, 15) is 9.59 Å². The Morgan fingerprint density at radius 2 is 1.91 bits per heavy atom. The van der Waals surface area contributed by atoms with Crippen molar-refractivity contribution >= 4 is 11.9 Å². The normalized spacial score (nSPS) is 10.6. The van der Waals surface area contributed by atoms with Crippen molar-refractivity contribution < 1.29 is 19.1 Å². The lowest BCUT2D eigenvalue weighted by molar-refractivity contribution is -0.134. The summed E-state index contributed by atoms with van der Waals surface area (Å²) < 4.78 is 10.7. The molecule has 0 fully saturated rings. The molecule has 0 aliphatic heterocycles. The van der Waals surface area contributed by atoms with Crippen molar-refractivity contribution in [2.75, 3.05) is 6.61 Å². The van der Waals surface area contributed by atoms with Gasteiger partial charge in [0.1, 0.15) is 11.3 Å². The van der Waals surface area contributed by atoms with Crippen LogP contribution in [0.2, 0.25) is 0 Å². The number of ether oxygens (including phenoxy) is 2. The summed E-state index contributed by atoms with van der Waals surface area (Å²) in [6.45, 7) is 8.12. The summed E-state index contributed by atoms with van der Waals surface area (Å²) in [7, 11) is 0. The Morgan fingerprint density at radius 1 is 1.18 bits per heavy atom. The fourth-order valence-corrected chi connectivity index (χ4v) is 1.94. The Hall–Kier alpha value is -1.84. The second-order valence-electron chi connectivity index (χ2n) is 5.72. The molecule has 1 rings (SSSR count). The molecular weight excluding hydrogens is 280 g/mol. The summed E-state index contributed by atoms with van der Waals surface area (Å²) in [5.41, 5.74) is 1.21. The van der Waals surface area contributed by atoms with Crippen molar-refractivity contribution in [3.8, 4) is 5.75 Å². The molecule has 0 aromatic heterocycles. The zero-order valence-corrected chi connectivity index (χ0v) is 14.0. The first-order valence-corrected chi connectivity index (χ1v) is 7.99. The molecule has 0 bridgehead atoms. The molecule has 1 aromatic rings. The Bertz CT molecular complexity index is 506. The van der Waals surface area contributed by atoms with Crippen molar-refractivity contribution in [1.82, 2.24) is 0 Å². The number of hydrogen-bond donors (Lipinski definition) is 0. The van der Waals surface area contributed by atoms with Gasteiger partial charge in [-0.25, -0.2) is 4.79 Å². The fourth-order valence-electron chi connectivity index (χ4n) is 1.94. The smallest absolute Gasteiger partial charge is 0.341 e. The molecule has 0 aliphatic carbocycles. The Balaban J connectivity index is 3.07. The summed E-state index contributed by atoms with van der Waals surface area (Å²) in [5.74, 6) is -0.168. The lowest BCUT2D eigenvalue weighted by Crippen LogP contribution is -2.15. The van der Waals surface area contributed by atoms with Gasteiger partial charge in [0.05, 0.1) is 6.61 Å². The first kappa shape index (κ1) is 18.2. The van der Waals surface area contributed by atoms with Crippen LogP contribution >= 0.6 is 0 Å². The van der Waals surface area contributed by atoms with Crippen LogP contribution in [0, 0.1) is 5.92 Å². The fraction of sp³-hybridized carbons (Fsp3) is 0.556. The van der Waals surface area contributed by atoms with E-state index < -0.39 is 5.97 Å². The zero-order valence-electron chi connectivity index (χ0n) is 14.0. The van der Waals surface area contributed by atoms with Gasteiger partial charge in [-0.2, -0.15) is 0 Å². The molecule has 0 heterocycles. The maximum absolute atomic E-state index is 12.3. The van der Waals surface area contributed by atoms with E-state index in [0.29, 0.717) is 17.9 Å². The van der Waals surface area contributed by atoms with E-state index in [-0.39, 0.29) is 18.3 Å². The molecule has 0 saturated carbocycles. The number of benzene rings is 1. The summed E-state index contributed by atoms with van der Waals surface area (Å²) in [6, 6.07) is 5.35. The first-order valence-electron chi connectivity index (χ1n) is 7.99. The molecule has 122 valence electrons. The third-order valence-electron chi connectivity index (χ3n) is 3.17. The van der Waals surface area contributed by atoms with Gasteiger partial charge >= 0.3 is 11.9 Å². The number of para-hydroxylation sites is 1. The summed E-state index contributed by atoms with van der Waals surface area (Å²) in [5, 5.41) is 0. The van der Waals surface area contributed by atoms with Crippen LogP contribution in [-0.2, 0) is 16.0 Å². The highest BCUT2D eigenvalue weighted by Gasteiger charge is 2.19. The SMILES string of the molecule is CCCCc1cccc(C(=O)OCC(C)C)c1OC(=O)CC. The van der Waals surface area contributed by atoms with E-state index in [0.717, 1.165) is 24.8 Å². The second kappa shape index (κ2) is 9.23. The van der Waals surface area contributed by atoms with Gasteiger partial charge in [0.2, 0.25) is 0 Å². The number of esters is 2.